The molecule has 0 radical (unpaired) electrons. The van der Waals surface area contributed by atoms with Crippen LogP contribution in [0.5, 0.6) is 0 Å². The Morgan fingerprint density at radius 3 is 3.00 bits per heavy atom. The van der Waals surface area contributed by atoms with Crippen LogP contribution in [0.25, 0.3) is 0 Å². The number of benzene rings is 1. The molecule has 1 heterocycles. The zero-order valence-electron chi connectivity index (χ0n) is 12.6. The number of aryl methyl sites for hydroxylation is 1. The van der Waals surface area contributed by atoms with E-state index in [9.17, 15) is 0 Å². The van der Waals surface area contributed by atoms with Gasteiger partial charge in [0.05, 0.1) is 0 Å². The van der Waals surface area contributed by atoms with Crippen molar-refractivity contribution in [2.45, 2.75) is 39.0 Å². The highest BCUT2D eigenvalue weighted by atomic mass is 15.2. The average Bonchev–Trinajstić information content (AvgIpc) is 2.46. The molecule has 108 valence electrons. The lowest BCUT2D eigenvalue weighted by Crippen LogP contribution is -2.48. The number of nitrogens with one attached hydrogen (secondary N) is 2. The Bertz CT molecular complexity index is 505. The van der Waals surface area contributed by atoms with E-state index in [1.807, 2.05) is 0 Å². The van der Waals surface area contributed by atoms with Crippen molar-refractivity contribution in [1.82, 2.24) is 10.6 Å². The van der Waals surface area contributed by atoms with Crippen LogP contribution in [-0.2, 0) is 6.42 Å². The number of rotatable bonds is 2. The van der Waals surface area contributed by atoms with Crippen LogP contribution >= 0.6 is 0 Å². The minimum atomic E-state index is 0.280. The first kappa shape index (κ1) is 13.5. The first-order valence-electron chi connectivity index (χ1n) is 7.74. The molecule has 2 aliphatic rings. The lowest BCUT2D eigenvalue weighted by Gasteiger charge is -2.31. The number of guanidine groups is 1. The van der Waals surface area contributed by atoms with Crippen LogP contribution in [0.2, 0.25) is 0 Å². The molecule has 1 aliphatic carbocycles. The van der Waals surface area contributed by atoms with Crippen LogP contribution in [0.3, 0.4) is 0 Å². The molecular weight excluding hydrogens is 246 g/mol. The van der Waals surface area contributed by atoms with Crippen molar-refractivity contribution in [1.29, 1.82) is 0 Å². The van der Waals surface area contributed by atoms with E-state index in [1.54, 1.807) is 0 Å². The van der Waals surface area contributed by atoms with Gasteiger partial charge in [-0.05, 0) is 30.4 Å². The van der Waals surface area contributed by atoms with Gasteiger partial charge in [0, 0.05) is 31.0 Å². The first-order chi connectivity index (χ1) is 9.64. The molecule has 0 spiro atoms. The topological polar surface area (TPSA) is 36.4 Å². The summed E-state index contributed by atoms with van der Waals surface area (Å²) in [4.78, 5) is 4.62. The molecule has 2 N–H and O–H groups in total. The van der Waals surface area contributed by atoms with Gasteiger partial charge in [0.15, 0.2) is 5.96 Å². The van der Waals surface area contributed by atoms with E-state index in [-0.39, 0.29) is 5.41 Å². The monoisotopic (exact) mass is 271 g/mol. The molecule has 3 heteroatoms. The number of fused-ring (bicyclic) bond motifs is 1. The quantitative estimate of drug-likeness (QED) is 0.867. The molecule has 0 amide bonds. The molecular formula is C17H25N3. The van der Waals surface area contributed by atoms with Crippen molar-refractivity contribution in [3.63, 3.8) is 0 Å². The van der Waals surface area contributed by atoms with E-state index in [0.29, 0.717) is 5.92 Å². The van der Waals surface area contributed by atoms with Crippen molar-refractivity contribution >= 4 is 5.96 Å². The standard InChI is InChI=1S/C17H25N3/c1-17(2)11-19-16(20-12-17)18-10-14-8-5-7-13-6-3-4-9-15(13)14/h3-4,6,9,14H,5,7-8,10-12H2,1-2H3,(H2,18,19,20). The summed E-state index contributed by atoms with van der Waals surface area (Å²) in [6.07, 6.45) is 3.82. The van der Waals surface area contributed by atoms with Crippen LogP contribution in [0, 0.1) is 5.41 Å². The minimum Gasteiger partial charge on any atom is -0.356 e. The Hall–Kier alpha value is -1.51. The number of aliphatic imine (C=N–C) groups is 1. The molecule has 0 aromatic heterocycles. The van der Waals surface area contributed by atoms with Gasteiger partial charge in [-0.3, -0.25) is 4.99 Å². The van der Waals surface area contributed by atoms with Crippen LogP contribution in [0.1, 0.15) is 43.7 Å². The summed E-state index contributed by atoms with van der Waals surface area (Å²) >= 11 is 0. The van der Waals surface area contributed by atoms with Gasteiger partial charge in [0.2, 0.25) is 0 Å². The average molecular weight is 271 g/mol. The van der Waals surface area contributed by atoms with Crippen LogP contribution in [0.4, 0.5) is 0 Å². The molecule has 3 nitrogen and oxygen atoms in total. The predicted molar refractivity (Wildman–Crippen MR) is 84.2 cm³/mol. The van der Waals surface area contributed by atoms with E-state index < -0.39 is 0 Å². The third kappa shape index (κ3) is 2.97. The molecule has 1 aromatic carbocycles. The largest absolute Gasteiger partial charge is 0.356 e. The number of hydrogen-bond acceptors (Lipinski definition) is 3. The molecule has 0 saturated heterocycles. The maximum absolute atomic E-state index is 4.62. The van der Waals surface area contributed by atoms with Crippen LogP contribution in [-0.4, -0.2) is 25.6 Å². The minimum absolute atomic E-state index is 0.280. The Morgan fingerprint density at radius 2 is 2.20 bits per heavy atom. The third-order valence-electron chi connectivity index (χ3n) is 4.41. The van der Waals surface area contributed by atoms with Gasteiger partial charge in [0.25, 0.3) is 0 Å². The van der Waals surface area contributed by atoms with Gasteiger partial charge in [-0.1, -0.05) is 38.1 Å². The molecule has 0 bridgehead atoms. The predicted octanol–water partition coefficient (Wildman–Crippen LogP) is 2.68. The SMILES string of the molecule is CC1(C)CN=C(NCC2CCCc3ccccc32)NC1. The van der Waals surface area contributed by atoms with Crippen molar-refractivity contribution in [2.75, 3.05) is 19.6 Å². The fourth-order valence-corrected chi connectivity index (χ4v) is 3.13. The van der Waals surface area contributed by atoms with Gasteiger partial charge in [-0.15, -0.1) is 0 Å². The summed E-state index contributed by atoms with van der Waals surface area (Å²) in [5.41, 5.74) is 3.34. The van der Waals surface area contributed by atoms with Gasteiger partial charge >= 0.3 is 0 Å². The Morgan fingerprint density at radius 1 is 1.35 bits per heavy atom. The maximum atomic E-state index is 4.62. The summed E-state index contributed by atoms with van der Waals surface area (Å²) in [6, 6.07) is 8.89. The van der Waals surface area contributed by atoms with E-state index in [0.717, 1.165) is 25.6 Å². The summed E-state index contributed by atoms with van der Waals surface area (Å²) in [6.45, 7) is 7.39. The lowest BCUT2D eigenvalue weighted by molar-refractivity contribution is 0.357. The second-order valence-electron chi connectivity index (χ2n) is 6.85. The van der Waals surface area contributed by atoms with Crippen molar-refractivity contribution in [2.24, 2.45) is 10.4 Å². The second-order valence-corrected chi connectivity index (χ2v) is 6.85. The normalized spacial score (nSPS) is 24.3. The lowest BCUT2D eigenvalue weighted by atomic mass is 9.83. The van der Waals surface area contributed by atoms with Crippen LogP contribution in [0.15, 0.2) is 29.3 Å². The fourth-order valence-electron chi connectivity index (χ4n) is 3.13. The van der Waals surface area contributed by atoms with E-state index in [4.69, 9.17) is 0 Å². The van der Waals surface area contributed by atoms with Gasteiger partial charge in [-0.2, -0.15) is 0 Å². The fraction of sp³-hybridized carbons (Fsp3) is 0.588. The zero-order valence-corrected chi connectivity index (χ0v) is 12.6. The molecule has 1 aromatic rings. The second kappa shape index (κ2) is 5.47. The van der Waals surface area contributed by atoms with E-state index >= 15 is 0 Å². The highest BCUT2D eigenvalue weighted by molar-refractivity contribution is 5.80. The Balaban J connectivity index is 1.61. The zero-order chi connectivity index (χ0) is 14.0. The third-order valence-corrected chi connectivity index (χ3v) is 4.41. The van der Waals surface area contributed by atoms with Crippen LogP contribution < -0.4 is 10.6 Å². The molecule has 1 aliphatic heterocycles. The smallest absolute Gasteiger partial charge is 0.191 e. The van der Waals surface area contributed by atoms with Crippen molar-refractivity contribution in [3.05, 3.63) is 35.4 Å². The molecule has 3 rings (SSSR count). The molecule has 1 unspecified atom stereocenters. The molecule has 20 heavy (non-hydrogen) atoms. The van der Waals surface area contributed by atoms with Gasteiger partial charge in [0.1, 0.15) is 0 Å². The Kier molecular flexibility index (Phi) is 3.68. The molecule has 1 atom stereocenters. The number of nitrogens with zero attached hydrogens (tertiary/aromatic N) is 1. The summed E-state index contributed by atoms with van der Waals surface area (Å²) in [7, 11) is 0. The van der Waals surface area contributed by atoms with Crippen molar-refractivity contribution in [3.8, 4) is 0 Å². The molecule has 0 fully saturated rings. The van der Waals surface area contributed by atoms with Gasteiger partial charge < -0.3 is 10.6 Å². The first-order valence-corrected chi connectivity index (χ1v) is 7.74. The summed E-state index contributed by atoms with van der Waals surface area (Å²) in [5.74, 6) is 1.60. The highest BCUT2D eigenvalue weighted by Crippen LogP contribution is 2.30. The number of hydrogen-bond donors (Lipinski definition) is 2. The highest BCUT2D eigenvalue weighted by Gasteiger charge is 2.23. The van der Waals surface area contributed by atoms with Crippen molar-refractivity contribution < 1.29 is 0 Å². The van der Waals surface area contributed by atoms with Gasteiger partial charge in [-0.25, -0.2) is 0 Å². The van der Waals surface area contributed by atoms with E-state index in [2.05, 4.69) is 53.7 Å². The molecule has 0 saturated carbocycles. The van der Waals surface area contributed by atoms with E-state index in [1.165, 1.54) is 30.4 Å². The Labute approximate surface area is 121 Å². The summed E-state index contributed by atoms with van der Waals surface area (Å²) < 4.78 is 0. The summed E-state index contributed by atoms with van der Waals surface area (Å²) in [5, 5.41) is 6.92. The maximum Gasteiger partial charge on any atom is 0.191 e.